The maximum Gasteiger partial charge on any atom is 0.240 e. The highest BCUT2D eigenvalue weighted by atomic mass is 16.3. The van der Waals surface area contributed by atoms with E-state index < -0.39 is 5.54 Å². The molecular formula is C17H24N2O2. The lowest BCUT2D eigenvalue weighted by molar-refractivity contribution is -0.126. The molecule has 4 nitrogen and oxygen atoms in total. The zero-order valence-electron chi connectivity index (χ0n) is 13.2. The summed E-state index contributed by atoms with van der Waals surface area (Å²) in [6.07, 6.45) is 1.53. The van der Waals surface area contributed by atoms with Gasteiger partial charge in [0.05, 0.1) is 11.6 Å². The normalized spacial score (nSPS) is 15.7. The fraction of sp³-hybridized carbons (Fsp3) is 0.471. The molecule has 114 valence electrons. The van der Waals surface area contributed by atoms with Crippen molar-refractivity contribution < 1.29 is 9.21 Å². The predicted molar refractivity (Wildman–Crippen MR) is 85.0 cm³/mol. The van der Waals surface area contributed by atoms with Crippen molar-refractivity contribution in [1.29, 1.82) is 0 Å². The number of benzene rings is 1. The lowest BCUT2D eigenvalue weighted by Crippen LogP contribution is -2.52. The van der Waals surface area contributed by atoms with Crippen LogP contribution in [0.1, 0.15) is 51.0 Å². The number of carbonyl (C=O) groups excluding carboxylic acids is 1. The van der Waals surface area contributed by atoms with Gasteiger partial charge in [-0.25, -0.2) is 0 Å². The lowest BCUT2D eigenvalue weighted by Gasteiger charge is -2.25. The van der Waals surface area contributed by atoms with Crippen molar-refractivity contribution in [3.63, 3.8) is 0 Å². The molecule has 1 aromatic heterocycles. The number of furan rings is 1. The molecule has 0 saturated carbocycles. The Kier molecular flexibility index (Phi) is 4.37. The molecule has 0 saturated heterocycles. The van der Waals surface area contributed by atoms with Crippen molar-refractivity contribution in [2.75, 3.05) is 0 Å². The summed E-state index contributed by atoms with van der Waals surface area (Å²) in [5.41, 5.74) is 7.13. The molecule has 0 aliphatic carbocycles. The number of carbonyl (C=O) groups is 1. The van der Waals surface area contributed by atoms with Crippen LogP contribution in [0.15, 0.2) is 28.7 Å². The highest BCUT2D eigenvalue weighted by Gasteiger charge is 2.29. The molecular weight excluding hydrogens is 264 g/mol. The second kappa shape index (κ2) is 5.90. The summed E-state index contributed by atoms with van der Waals surface area (Å²) < 4.78 is 5.88. The third-order valence-corrected chi connectivity index (χ3v) is 3.91. The zero-order chi connectivity index (χ0) is 15.6. The van der Waals surface area contributed by atoms with Crippen LogP contribution in [0.5, 0.6) is 0 Å². The summed E-state index contributed by atoms with van der Waals surface area (Å²) >= 11 is 0. The lowest BCUT2D eigenvalue weighted by atomic mass is 9.96. The van der Waals surface area contributed by atoms with Gasteiger partial charge in [0.2, 0.25) is 5.91 Å². The fourth-order valence-electron chi connectivity index (χ4n) is 2.67. The van der Waals surface area contributed by atoms with E-state index in [-0.39, 0.29) is 11.9 Å². The summed E-state index contributed by atoms with van der Waals surface area (Å²) in [6.45, 7) is 7.72. The third-order valence-electron chi connectivity index (χ3n) is 3.91. The molecule has 2 atom stereocenters. The molecule has 0 fully saturated rings. The molecule has 21 heavy (non-hydrogen) atoms. The first kappa shape index (κ1) is 15.6. The minimum absolute atomic E-state index is 0.142. The number of nitrogens with two attached hydrogens (primary N) is 1. The fourth-order valence-corrected chi connectivity index (χ4v) is 2.67. The molecule has 2 unspecified atom stereocenters. The Morgan fingerprint density at radius 3 is 2.71 bits per heavy atom. The zero-order valence-corrected chi connectivity index (χ0v) is 13.2. The van der Waals surface area contributed by atoms with Gasteiger partial charge in [0.15, 0.2) is 0 Å². The van der Waals surface area contributed by atoms with Crippen molar-refractivity contribution in [3.8, 4) is 0 Å². The molecule has 0 aliphatic heterocycles. The van der Waals surface area contributed by atoms with Gasteiger partial charge in [0, 0.05) is 10.9 Å². The highest BCUT2D eigenvalue weighted by molar-refractivity contribution is 5.86. The Bertz CT molecular complexity index is 643. The van der Waals surface area contributed by atoms with E-state index in [0.717, 1.165) is 28.7 Å². The third kappa shape index (κ3) is 3.10. The number of aryl methyl sites for hydroxylation is 1. The van der Waals surface area contributed by atoms with Crippen LogP contribution in [0.25, 0.3) is 11.0 Å². The Balaban J connectivity index is 2.21. The van der Waals surface area contributed by atoms with E-state index in [2.05, 4.69) is 5.32 Å². The number of para-hydroxylation sites is 1. The second-order valence-electron chi connectivity index (χ2n) is 5.95. The van der Waals surface area contributed by atoms with Gasteiger partial charge >= 0.3 is 0 Å². The van der Waals surface area contributed by atoms with Crippen molar-refractivity contribution in [2.45, 2.75) is 52.1 Å². The number of rotatable bonds is 5. The summed E-state index contributed by atoms with van der Waals surface area (Å²) in [5, 5.41) is 4.05. The molecule has 1 heterocycles. The molecule has 3 N–H and O–H groups in total. The summed E-state index contributed by atoms with van der Waals surface area (Å²) in [6, 6.07) is 7.68. The average Bonchev–Trinajstić information content (AvgIpc) is 2.76. The van der Waals surface area contributed by atoms with Crippen LogP contribution in [-0.2, 0) is 4.79 Å². The summed E-state index contributed by atoms with van der Waals surface area (Å²) in [4.78, 5) is 12.3. The van der Waals surface area contributed by atoms with Crippen LogP contribution in [-0.4, -0.2) is 11.4 Å². The Morgan fingerprint density at radius 2 is 2.10 bits per heavy atom. The first-order valence-corrected chi connectivity index (χ1v) is 7.44. The van der Waals surface area contributed by atoms with E-state index >= 15 is 0 Å². The van der Waals surface area contributed by atoms with Crippen LogP contribution in [0.3, 0.4) is 0 Å². The van der Waals surface area contributed by atoms with Crippen molar-refractivity contribution >= 4 is 16.9 Å². The Hall–Kier alpha value is -1.81. The molecule has 2 rings (SSSR count). The minimum atomic E-state index is -0.844. The molecule has 1 amide bonds. The Morgan fingerprint density at radius 1 is 1.43 bits per heavy atom. The first-order chi connectivity index (χ1) is 9.86. The Labute approximate surface area is 125 Å². The number of hydrogen-bond acceptors (Lipinski definition) is 3. The highest BCUT2D eigenvalue weighted by Crippen LogP contribution is 2.29. The van der Waals surface area contributed by atoms with Crippen LogP contribution in [0.4, 0.5) is 0 Å². The van der Waals surface area contributed by atoms with E-state index in [0.29, 0.717) is 6.42 Å². The van der Waals surface area contributed by atoms with Crippen LogP contribution in [0, 0.1) is 6.92 Å². The van der Waals surface area contributed by atoms with E-state index in [1.165, 1.54) is 0 Å². The molecule has 0 spiro atoms. The molecule has 4 heteroatoms. The van der Waals surface area contributed by atoms with Crippen molar-refractivity contribution in [1.82, 2.24) is 5.32 Å². The van der Waals surface area contributed by atoms with Gasteiger partial charge in [0.25, 0.3) is 0 Å². The smallest absolute Gasteiger partial charge is 0.240 e. The van der Waals surface area contributed by atoms with Gasteiger partial charge < -0.3 is 15.5 Å². The van der Waals surface area contributed by atoms with Gasteiger partial charge in [-0.05, 0) is 33.3 Å². The first-order valence-electron chi connectivity index (χ1n) is 7.44. The van der Waals surface area contributed by atoms with Crippen molar-refractivity contribution in [3.05, 3.63) is 35.6 Å². The van der Waals surface area contributed by atoms with Gasteiger partial charge in [-0.2, -0.15) is 0 Å². The number of amides is 1. The number of fused-ring (bicyclic) bond motifs is 1. The molecule has 0 bridgehead atoms. The number of nitrogens with one attached hydrogen (secondary N) is 1. The molecule has 0 aliphatic rings. The summed E-state index contributed by atoms with van der Waals surface area (Å²) in [7, 11) is 0. The van der Waals surface area contributed by atoms with Gasteiger partial charge in [-0.1, -0.05) is 31.5 Å². The quantitative estimate of drug-likeness (QED) is 0.885. The molecule has 2 aromatic rings. The van der Waals surface area contributed by atoms with Crippen LogP contribution < -0.4 is 11.1 Å². The van der Waals surface area contributed by atoms with Gasteiger partial charge in [0.1, 0.15) is 11.3 Å². The van der Waals surface area contributed by atoms with E-state index in [1.54, 1.807) is 6.92 Å². The maximum absolute atomic E-state index is 12.3. The predicted octanol–water partition coefficient (Wildman–Crippen LogP) is 3.44. The standard InChI is InChI=1S/C17H24N2O2/c1-5-10-17(4,18)16(20)19-12(3)15-11(2)13-8-6-7-9-14(13)21-15/h6-9,12H,5,10,18H2,1-4H3,(H,19,20). The SMILES string of the molecule is CCCC(C)(N)C(=O)NC(C)c1oc2ccccc2c1C. The maximum atomic E-state index is 12.3. The largest absolute Gasteiger partial charge is 0.459 e. The van der Waals surface area contributed by atoms with Gasteiger partial charge in [-0.15, -0.1) is 0 Å². The van der Waals surface area contributed by atoms with Crippen LogP contribution in [0.2, 0.25) is 0 Å². The summed E-state index contributed by atoms with van der Waals surface area (Å²) in [5.74, 6) is 0.647. The molecule has 0 radical (unpaired) electrons. The topological polar surface area (TPSA) is 68.3 Å². The average molecular weight is 288 g/mol. The molecule has 1 aromatic carbocycles. The van der Waals surface area contributed by atoms with Gasteiger partial charge in [-0.3, -0.25) is 4.79 Å². The second-order valence-corrected chi connectivity index (χ2v) is 5.95. The van der Waals surface area contributed by atoms with E-state index in [4.69, 9.17) is 10.2 Å². The van der Waals surface area contributed by atoms with E-state index in [1.807, 2.05) is 45.0 Å². The number of hydrogen-bond donors (Lipinski definition) is 2. The minimum Gasteiger partial charge on any atom is -0.459 e. The van der Waals surface area contributed by atoms with E-state index in [9.17, 15) is 4.79 Å². The monoisotopic (exact) mass is 288 g/mol. The van der Waals surface area contributed by atoms with Crippen molar-refractivity contribution in [2.24, 2.45) is 5.73 Å². The van der Waals surface area contributed by atoms with Crippen LogP contribution >= 0.6 is 0 Å².